The van der Waals surface area contributed by atoms with Gasteiger partial charge in [-0.2, -0.15) is 0 Å². The molecule has 2 heterocycles. The third kappa shape index (κ3) is 3.49. The molecule has 1 amide bonds. The van der Waals surface area contributed by atoms with Gasteiger partial charge in [0.05, 0.1) is 4.88 Å². The number of carbonyl (C=O) groups is 1. The minimum atomic E-state index is 0.0447. The molecule has 0 aromatic carbocycles. The molecule has 0 unspecified atom stereocenters. The largest absolute Gasteiger partial charge is 0.351 e. The summed E-state index contributed by atoms with van der Waals surface area (Å²) in [6, 6.07) is 2.08. The molecule has 0 saturated carbocycles. The molecule has 0 fully saturated rings. The van der Waals surface area contributed by atoms with Crippen LogP contribution in [-0.2, 0) is 19.3 Å². The first kappa shape index (κ1) is 14.7. The SMILES string of the molecule is Cc1nnc(CCNC(=O)c2cc3c(s2)CC[C@@H](C)C3)s1. The zero-order chi connectivity index (χ0) is 14.8. The van der Waals surface area contributed by atoms with Crippen molar-refractivity contribution in [2.45, 2.75) is 39.5 Å². The molecule has 1 aliphatic carbocycles. The van der Waals surface area contributed by atoms with Crippen molar-refractivity contribution in [1.82, 2.24) is 15.5 Å². The fourth-order valence-corrected chi connectivity index (χ4v) is 4.46. The molecular weight excluding hydrogens is 302 g/mol. The summed E-state index contributed by atoms with van der Waals surface area (Å²) in [5.74, 6) is 0.784. The number of thiophene rings is 1. The lowest BCUT2D eigenvalue weighted by atomic mass is 9.90. The predicted octanol–water partition coefficient (Wildman–Crippen LogP) is 3.01. The van der Waals surface area contributed by atoms with Crippen molar-refractivity contribution < 1.29 is 4.79 Å². The van der Waals surface area contributed by atoms with Gasteiger partial charge in [-0.05, 0) is 43.7 Å². The molecule has 4 nitrogen and oxygen atoms in total. The van der Waals surface area contributed by atoms with Gasteiger partial charge in [-0.15, -0.1) is 32.9 Å². The number of nitrogens with one attached hydrogen (secondary N) is 1. The van der Waals surface area contributed by atoms with Gasteiger partial charge < -0.3 is 5.32 Å². The molecule has 0 radical (unpaired) electrons. The molecule has 6 heteroatoms. The summed E-state index contributed by atoms with van der Waals surface area (Å²) >= 11 is 3.25. The maximum absolute atomic E-state index is 12.2. The Balaban J connectivity index is 1.56. The van der Waals surface area contributed by atoms with Crippen LogP contribution in [0.25, 0.3) is 0 Å². The van der Waals surface area contributed by atoms with Crippen molar-refractivity contribution in [3.05, 3.63) is 31.4 Å². The van der Waals surface area contributed by atoms with Crippen molar-refractivity contribution in [2.75, 3.05) is 6.54 Å². The molecule has 2 aromatic heterocycles. The molecule has 1 N–H and O–H groups in total. The molecule has 2 aromatic rings. The molecule has 0 bridgehead atoms. The monoisotopic (exact) mass is 321 g/mol. The summed E-state index contributed by atoms with van der Waals surface area (Å²) in [7, 11) is 0. The third-order valence-electron chi connectivity index (χ3n) is 3.75. The summed E-state index contributed by atoms with van der Waals surface area (Å²) in [5, 5.41) is 13.0. The lowest BCUT2D eigenvalue weighted by Crippen LogP contribution is -2.24. The van der Waals surface area contributed by atoms with Gasteiger partial charge in [-0.3, -0.25) is 4.79 Å². The highest BCUT2D eigenvalue weighted by atomic mass is 32.1. The van der Waals surface area contributed by atoms with Crippen LogP contribution in [0, 0.1) is 12.8 Å². The zero-order valence-corrected chi connectivity index (χ0v) is 13.9. The van der Waals surface area contributed by atoms with Crippen LogP contribution in [0.1, 0.15) is 43.5 Å². The molecule has 0 saturated heterocycles. The van der Waals surface area contributed by atoms with Crippen LogP contribution in [0.2, 0.25) is 0 Å². The first-order valence-corrected chi connectivity index (χ1v) is 8.94. The van der Waals surface area contributed by atoms with Crippen molar-refractivity contribution >= 4 is 28.6 Å². The average Bonchev–Trinajstić information content (AvgIpc) is 3.04. The Hall–Kier alpha value is -1.27. The summed E-state index contributed by atoms with van der Waals surface area (Å²) in [5.41, 5.74) is 1.38. The number of hydrogen-bond donors (Lipinski definition) is 1. The molecule has 1 atom stereocenters. The Morgan fingerprint density at radius 2 is 2.29 bits per heavy atom. The van der Waals surface area contributed by atoms with Crippen LogP contribution in [0.15, 0.2) is 6.07 Å². The van der Waals surface area contributed by atoms with Crippen molar-refractivity contribution in [3.8, 4) is 0 Å². The second kappa shape index (κ2) is 6.23. The van der Waals surface area contributed by atoms with Crippen LogP contribution < -0.4 is 5.32 Å². The number of rotatable bonds is 4. The van der Waals surface area contributed by atoms with Gasteiger partial charge >= 0.3 is 0 Å². The van der Waals surface area contributed by atoms with E-state index in [1.807, 2.05) is 6.92 Å². The number of hydrogen-bond acceptors (Lipinski definition) is 5. The van der Waals surface area contributed by atoms with E-state index in [1.165, 1.54) is 16.9 Å². The second-order valence-electron chi connectivity index (χ2n) is 5.63. The van der Waals surface area contributed by atoms with E-state index < -0.39 is 0 Å². The Labute approximate surface area is 132 Å². The van der Waals surface area contributed by atoms with E-state index in [2.05, 4.69) is 28.5 Å². The molecule has 3 rings (SSSR count). The van der Waals surface area contributed by atoms with Crippen molar-refractivity contribution in [2.24, 2.45) is 5.92 Å². The number of carbonyl (C=O) groups excluding carboxylic acids is 1. The van der Waals surface area contributed by atoms with E-state index in [9.17, 15) is 4.79 Å². The maximum Gasteiger partial charge on any atom is 0.261 e. The van der Waals surface area contributed by atoms with Gasteiger partial charge in [0, 0.05) is 17.8 Å². The number of aryl methyl sites for hydroxylation is 2. The quantitative estimate of drug-likeness (QED) is 0.942. The van der Waals surface area contributed by atoms with E-state index in [4.69, 9.17) is 0 Å². The van der Waals surface area contributed by atoms with Gasteiger partial charge in [-0.1, -0.05) is 6.92 Å². The third-order valence-corrected chi connectivity index (χ3v) is 5.88. The number of aromatic nitrogens is 2. The van der Waals surface area contributed by atoms with E-state index >= 15 is 0 Å². The Kier molecular flexibility index (Phi) is 4.35. The summed E-state index contributed by atoms with van der Waals surface area (Å²) in [6.07, 6.45) is 4.23. The first-order valence-electron chi connectivity index (χ1n) is 7.30. The van der Waals surface area contributed by atoms with Crippen LogP contribution in [0.3, 0.4) is 0 Å². The lowest BCUT2D eigenvalue weighted by molar-refractivity contribution is 0.0958. The predicted molar refractivity (Wildman–Crippen MR) is 86.2 cm³/mol. The van der Waals surface area contributed by atoms with Gasteiger partial charge in [0.25, 0.3) is 5.91 Å². The van der Waals surface area contributed by atoms with E-state index in [0.717, 1.165) is 40.1 Å². The molecule has 21 heavy (non-hydrogen) atoms. The van der Waals surface area contributed by atoms with Crippen LogP contribution >= 0.6 is 22.7 Å². The summed E-state index contributed by atoms with van der Waals surface area (Å²) in [6.45, 7) is 4.84. The maximum atomic E-state index is 12.2. The Morgan fingerprint density at radius 3 is 3.05 bits per heavy atom. The van der Waals surface area contributed by atoms with Crippen LogP contribution in [0.4, 0.5) is 0 Å². The highest BCUT2D eigenvalue weighted by molar-refractivity contribution is 7.14. The van der Waals surface area contributed by atoms with Crippen molar-refractivity contribution in [3.63, 3.8) is 0 Å². The molecule has 0 aliphatic heterocycles. The van der Waals surface area contributed by atoms with Crippen LogP contribution in [-0.4, -0.2) is 22.6 Å². The molecule has 0 spiro atoms. The minimum absolute atomic E-state index is 0.0447. The minimum Gasteiger partial charge on any atom is -0.351 e. The fraction of sp³-hybridized carbons (Fsp3) is 0.533. The zero-order valence-electron chi connectivity index (χ0n) is 12.3. The molecular formula is C15H19N3OS2. The van der Waals surface area contributed by atoms with E-state index in [0.29, 0.717) is 6.54 Å². The topological polar surface area (TPSA) is 54.9 Å². The highest BCUT2D eigenvalue weighted by Gasteiger charge is 2.20. The van der Waals surface area contributed by atoms with E-state index in [1.54, 1.807) is 22.7 Å². The molecule has 1 aliphatic rings. The standard InChI is InChI=1S/C15H19N3OS2/c1-9-3-4-12-11(7-9)8-13(21-12)15(19)16-6-5-14-18-17-10(2)20-14/h8-9H,3-7H2,1-2H3,(H,16,19)/t9-/m1/s1. The molecule has 112 valence electrons. The second-order valence-corrected chi connectivity index (χ2v) is 8.03. The normalized spacial score (nSPS) is 17.5. The smallest absolute Gasteiger partial charge is 0.261 e. The average molecular weight is 321 g/mol. The van der Waals surface area contributed by atoms with Gasteiger partial charge in [0.15, 0.2) is 0 Å². The van der Waals surface area contributed by atoms with E-state index in [-0.39, 0.29) is 5.91 Å². The van der Waals surface area contributed by atoms with Gasteiger partial charge in [-0.25, -0.2) is 0 Å². The fourth-order valence-electron chi connectivity index (χ4n) is 2.63. The van der Waals surface area contributed by atoms with Crippen LogP contribution in [0.5, 0.6) is 0 Å². The van der Waals surface area contributed by atoms with Crippen molar-refractivity contribution in [1.29, 1.82) is 0 Å². The Morgan fingerprint density at radius 1 is 1.43 bits per heavy atom. The summed E-state index contributed by atoms with van der Waals surface area (Å²) in [4.78, 5) is 14.5. The lowest BCUT2D eigenvalue weighted by Gasteiger charge is -2.16. The first-order chi connectivity index (χ1) is 10.1. The number of amides is 1. The summed E-state index contributed by atoms with van der Waals surface area (Å²) < 4.78 is 0. The van der Waals surface area contributed by atoms with Gasteiger partial charge in [0.1, 0.15) is 10.0 Å². The number of fused-ring (bicyclic) bond motifs is 1. The van der Waals surface area contributed by atoms with Gasteiger partial charge in [0.2, 0.25) is 0 Å². The number of nitrogens with zero attached hydrogens (tertiary/aromatic N) is 2. The highest BCUT2D eigenvalue weighted by Crippen LogP contribution is 2.32. The Bertz CT molecular complexity index is 647.